The number of hydrogen-bond acceptors (Lipinski definition) is 4. The van der Waals surface area contributed by atoms with Crippen LogP contribution in [-0.2, 0) is 9.59 Å². The third-order valence-corrected chi connectivity index (χ3v) is 1.58. The van der Waals surface area contributed by atoms with Crippen LogP contribution >= 0.6 is 0 Å². The Morgan fingerprint density at radius 3 is 2.60 bits per heavy atom. The summed E-state index contributed by atoms with van der Waals surface area (Å²) in [6.07, 6.45) is 0.833. The summed E-state index contributed by atoms with van der Waals surface area (Å²) in [6, 6.07) is -0.873. The van der Waals surface area contributed by atoms with Crippen molar-refractivity contribution in [1.29, 1.82) is 0 Å². The van der Waals surface area contributed by atoms with Gasteiger partial charge in [-0.2, -0.15) is 0 Å². The number of nitrogens with two attached hydrogens (primary N) is 2. The van der Waals surface area contributed by atoms with Crippen LogP contribution in [0.3, 0.4) is 0 Å². The number of rotatable bonds is 5. The fourth-order valence-corrected chi connectivity index (χ4v) is 0.854. The van der Waals surface area contributed by atoms with E-state index in [1.54, 1.807) is 0 Å². The van der Waals surface area contributed by atoms with Crippen LogP contribution in [0.1, 0.15) is 19.8 Å². The predicted octanol–water partition coefficient (Wildman–Crippen LogP) is -1.37. The molecule has 1 amide bonds. The van der Waals surface area contributed by atoms with E-state index in [1.165, 1.54) is 6.92 Å². The van der Waals surface area contributed by atoms with Crippen molar-refractivity contribution < 1.29 is 14.7 Å². The first kappa shape index (κ1) is 13.4. The van der Waals surface area contributed by atoms with Gasteiger partial charge in [0.2, 0.25) is 5.91 Å². The quantitative estimate of drug-likeness (QED) is 0.256. The van der Waals surface area contributed by atoms with Gasteiger partial charge in [0.25, 0.3) is 0 Å². The van der Waals surface area contributed by atoms with Gasteiger partial charge in [0.05, 0.1) is 0 Å². The van der Waals surface area contributed by atoms with Crippen LogP contribution in [0.25, 0.3) is 0 Å². The van der Waals surface area contributed by atoms with E-state index in [-0.39, 0.29) is 11.9 Å². The molecule has 0 fully saturated rings. The fourth-order valence-electron chi connectivity index (χ4n) is 0.854. The molecule has 1 atom stereocenters. The van der Waals surface area contributed by atoms with Crippen LogP contribution in [0.4, 0.5) is 0 Å². The van der Waals surface area contributed by atoms with E-state index in [0.29, 0.717) is 19.4 Å². The zero-order valence-electron chi connectivity index (χ0n) is 8.56. The molecule has 7 heteroatoms. The van der Waals surface area contributed by atoms with Crippen LogP contribution in [-0.4, -0.2) is 35.5 Å². The van der Waals surface area contributed by atoms with Gasteiger partial charge in [0.15, 0.2) is 5.96 Å². The number of carboxylic acid groups (broad SMARTS) is 1. The molecule has 0 saturated heterocycles. The van der Waals surface area contributed by atoms with E-state index < -0.39 is 12.0 Å². The molecule has 7 nitrogen and oxygen atoms in total. The van der Waals surface area contributed by atoms with Gasteiger partial charge in [-0.3, -0.25) is 19.9 Å². The minimum atomic E-state index is -1.03. The maximum Gasteiger partial charge on any atom is 0.320 e. The number of hydrogen-bond donors (Lipinski definition) is 4. The van der Waals surface area contributed by atoms with Crippen molar-refractivity contribution in [2.45, 2.75) is 25.8 Å². The summed E-state index contributed by atoms with van der Waals surface area (Å²) in [5, 5.41) is 10.8. The second kappa shape index (κ2) is 6.77. The molecule has 0 aromatic heterocycles. The minimum Gasteiger partial charge on any atom is -0.480 e. The normalized spacial score (nSPS) is 13.3. The molecule has 0 aliphatic rings. The zero-order chi connectivity index (χ0) is 11.8. The highest BCUT2D eigenvalue weighted by Crippen LogP contribution is 1.94. The monoisotopic (exact) mass is 216 g/mol. The van der Waals surface area contributed by atoms with Crippen molar-refractivity contribution in [3.8, 4) is 0 Å². The van der Waals surface area contributed by atoms with E-state index in [4.69, 9.17) is 16.6 Å². The number of nitrogens with zero attached hydrogens (tertiary/aromatic N) is 1. The molecule has 0 spiro atoms. The Balaban J connectivity index is 3.69. The lowest BCUT2D eigenvalue weighted by molar-refractivity contribution is -0.138. The largest absolute Gasteiger partial charge is 0.480 e. The lowest BCUT2D eigenvalue weighted by Gasteiger charge is -2.04. The van der Waals surface area contributed by atoms with Crippen LogP contribution in [0.2, 0.25) is 0 Å². The van der Waals surface area contributed by atoms with Crippen molar-refractivity contribution in [3.05, 3.63) is 0 Å². The molecule has 1 unspecified atom stereocenters. The molecule has 0 aliphatic heterocycles. The van der Waals surface area contributed by atoms with Gasteiger partial charge >= 0.3 is 5.97 Å². The Kier molecular flexibility index (Phi) is 6.03. The first-order chi connectivity index (χ1) is 6.93. The van der Waals surface area contributed by atoms with Crippen LogP contribution in [0.5, 0.6) is 0 Å². The molecule has 0 radical (unpaired) electrons. The maximum atomic E-state index is 10.5. The molecular weight excluding hydrogens is 200 g/mol. The van der Waals surface area contributed by atoms with Gasteiger partial charge in [-0.25, -0.2) is 0 Å². The number of aliphatic carboxylic acids is 1. The molecule has 0 bridgehead atoms. The van der Waals surface area contributed by atoms with E-state index in [9.17, 15) is 9.59 Å². The summed E-state index contributed by atoms with van der Waals surface area (Å²) in [6.45, 7) is 1.66. The molecule has 86 valence electrons. The van der Waals surface area contributed by atoms with Crippen molar-refractivity contribution in [3.63, 3.8) is 0 Å². The van der Waals surface area contributed by atoms with Crippen molar-refractivity contribution in [2.75, 3.05) is 6.54 Å². The minimum absolute atomic E-state index is 0.0337. The Morgan fingerprint density at radius 1 is 1.53 bits per heavy atom. The molecule has 0 aromatic rings. The van der Waals surface area contributed by atoms with Gasteiger partial charge in [-0.05, 0) is 12.8 Å². The number of amides is 1. The Morgan fingerprint density at radius 2 is 2.13 bits per heavy atom. The summed E-state index contributed by atoms with van der Waals surface area (Å²) >= 11 is 0. The van der Waals surface area contributed by atoms with Crippen LogP contribution in [0, 0.1) is 0 Å². The van der Waals surface area contributed by atoms with Crippen LogP contribution in [0.15, 0.2) is 4.99 Å². The van der Waals surface area contributed by atoms with Gasteiger partial charge in [-0.15, -0.1) is 0 Å². The molecule has 0 aromatic carbocycles. The average molecular weight is 216 g/mol. The van der Waals surface area contributed by atoms with Gasteiger partial charge < -0.3 is 16.6 Å². The number of nitrogens with one attached hydrogen (secondary N) is 1. The highest BCUT2D eigenvalue weighted by molar-refractivity contribution is 5.94. The van der Waals surface area contributed by atoms with Crippen molar-refractivity contribution in [2.24, 2.45) is 16.5 Å². The van der Waals surface area contributed by atoms with E-state index in [1.807, 2.05) is 0 Å². The van der Waals surface area contributed by atoms with E-state index in [0.717, 1.165) is 0 Å². The third kappa shape index (κ3) is 7.44. The van der Waals surface area contributed by atoms with Gasteiger partial charge in [0.1, 0.15) is 6.04 Å². The average Bonchev–Trinajstić information content (AvgIpc) is 2.10. The first-order valence-electron chi connectivity index (χ1n) is 4.49. The highest BCUT2D eigenvalue weighted by Gasteiger charge is 2.09. The van der Waals surface area contributed by atoms with Crippen molar-refractivity contribution in [1.82, 2.24) is 5.32 Å². The third-order valence-electron chi connectivity index (χ3n) is 1.58. The Labute approximate surface area is 87.5 Å². The number of carbonyl (C=O) groups is 2. The summed E-state index contributed by atoms with van der Waals surface area (Å²) in [7, 11) is 0. The van der Waals surface area contributed by atoms with Crippen molar-refractivity contribution >= 4 is 17.8 Å². The van der Waals surface area contributed by atoms with Crippen LogP contribution < -0.4 is 16.8 Å². The molecule has 0 heterocycles. The number of carbonyl (C=O) groups excluding carboxylic acids is 1. The predicted molar refractivity (Wildman–Crippen MR) is 55.2 cm³/mol. The second-order valence-corrected chi connectivity index (χ2v) is 3.04. The summed E-state index contributed by atoms with van der Waals surface area (Å²) in [5.74, 6) is -1.29. The van der Waals surface area contributed by atoms with Gasteiger partial charge in [0, 0.05) is 13.5 Å². The molecule has 6 N–H and O–H groups in total. The Hall–Kier alpha value is -1.63. The van der Waals surface area contributed by atoms with E-state index >= 15 is 0 Å². The maximum absolute atomic E-state index is 10.5. The molecular formula is C8H16N4O3. The number of aliphatic imine (C=N–C) groups is 1. The summed E-state index contributed by atoms with van der Waals surface area (Å²) < 4.78 is 0. The van der Waals surface area contributed by atoms with Gasteiger partial charge in [-0.1, -0.05) is 0 Å². The number of guanidine groups is 1. The highest BCUT2D eigenvalue weighted by atomic mass is 16.4. The standard InChI is InChI=1S/C8H16N4O3/c1-5(13)12-8(10)11-4-2-3-6(9)7(14)15/h6H,2-4,9H2,1H3,(H,14,15)(H3,10,11,12,13). The lowest BCUT2D eigenvalue weighted by Crippen LogP contribution is -2.35. The zero-order valence-corrected chi connectivity index (χ0v) is 8.56. The summed E-state index contributed by atoms with van der Waals surface area (Å²) in [4.78, 5) is 24.7. The smallest absolute Gasteiger partial charge is 0.320 e. The summed E-state index contributed by atoms with van der Waals surface area (Å²) in [5.41, 5.74) is 10.6. The molecule has 0 rings (SSSR count). The first-order valence-corrected chi connectivity index (χ1v) is 4.49. The fraction of sp³-hybridized carbons (Fsp3) is 0.625. The molecule has 15 heavy (non-hydrogen) atoms. The SMILES string of the molecule is CC(=O)NC(N)=NCCCC(N)C(=O)O. The lowest BCUT2D eigenvalue weighted by atomic mass is 10.2. The molecule has 0 aliphatic carbocycles. The topological polar surface area (TPSA) is 131 Å². The molecule has 0 saturated carbocycles. The van der Waals surface area contributed by atoms with E-state index in [2.05, 4.69) is 10.3 Å². The Bertz CT molecular complexity index is 265. The number of carboxylic acids is 1. The second-order valence-electron chi connectivity index (χ2n) is 3.04.